The largest absolute Gasteiger partial charge is 0.308 e. The number of rotatable bonds is 6. The third-order valence-electron chi connectivity index (χ3n) is 6.60. The van der Waals surface area contributed by atoms with Crippen molar-refractivity contribution < 1.29 is 4.79 Å². The summed E-state index contributed by atoms with van der Waals surface area (Å²) in [6, 6.07) is 11.4. The van der Waals surface area contributed by atoms with Crippen molar-refractivity contribution in [2.45, 2.75) is 55.6 Å². The summed E-state index contributed by atoms with van der Waals surface area (Å²) in [6.45, 7) is 3.86. The molecule has 1 saturated heterocycles. The second-order valence-corrected chi connectivity index (χ2v) is 9.47. The summed E-state index contributed by atoms with van der Waals surface area (Å²) in [4.78, 5) is 19.2. The molecule has 1 aromatic carbocycles. The van der Waals surface area contributed by atoms with E-state index < -0.39 is 4.99 Å². The van der Waals surface area contributed by atoms with Crippen LogP contribution in [-0.2, 0) is 9.79 Å². The minimum absolute atomic E-state index is 0.260. The molecule has 2 aromatic rings. The topological polar surface area (TPSA) is 45.2 Å². The molecule has 1 unspecified atom stereocenters. The van der Waals surface area contributed by atoms with Crippen LogP contribution in [0.25, 0.3) is 17.2 Å². The van der Waals surface area contributed by atoms with Crippen LogP contribution in [0.2, 0.25) is 0 Å². The van der Waals surface area contributed by atoms with Crippen LogP contribution in [-0.4, -0.2) is 33.6 Å². The number of amides is 1. The summed E-state index contributed by atoms with van der Waals surface area (Å²) in [7, 11) is 0. The maximum absolute atomic E-state index is 13.1. The van der Waals surface area contributed by atoms with Crippen LogP contribution in [0.3, 0.4) is 0 Å². The number of pyridine rings is 1. The Morgan fingerprint density at radius 3 is 2.52 bits per heavy atom. The molecule has 1 N–H and O–H groups in total. The molecule has 2 aliphatic carbocycles. The lowest BCUT2D eigenvalue weighted by molar-refractivity contribution is -0.137. The fourth-order valence-electron chi connectivity index (χ4n) is 4.53. The molecule has 4 nitrogen and oxygen atoms in total. The molecule has 3 aliphatic rings. The van der Waals surface area contributed by atoms with Gasteiger partial charge in [0.1, 0.15) is 0 Å². The monoisotopic (exact) mass is 405 g/mol. The zero-order valence-electron chi connectivity index (χ0n) is 16.6. The summed E-state index contributed by atoms with van der Waals surface area (Å²) in [5.41, 5.74) is 4.49. The van der Waals surface area contributed by atoms with Crippen molar-refractivity contribution >= 4 is 23.7 Å². The van der Waals surface area contributed by atoms with Gasteiger partial charge in [0.25, 0.3) is 0 Å². The van der Waals surface area contributed by atoms with Crippen molar-refractivity contribution in [3.8, 4) is 11.1 Å². The van der Waals surface area contributed by atoms with Gasteiger partial charge in [-0.15, -0.1) is 11.8 Å². The van der Waals surface area contributed by atoms with Crippen LogP contribution < -0.4 is 5.32 Å². The Bertz CT molecular complexity index is 920. The first kappa shape index (κ1) is 18.9. The first-order chi connectivity index (χ1) is 14.2. The summed E-state index contributed by atoms with van der Waals surface area (Å²) in [5.74, 6) is 0.796. The lowest BCUT2D eigenvalue weighted by Crippen LogP contribution is -2.61. The van der Waals surface area contributed by atoms with Gasteiger partial charge in [-0.25, -0.2) is 0 Å². The number of nitrogens with one attached hydrogen (secondary N) is 1. The molecule has 2 heterocycles. The van der Waals surface area contributed by atoms with Crippen LogP contribution in [0, 0.1) is 0 Å². The van der Waals surface area contributed by atoms with Crippen LogP contribution in [0.15, 0.2) is 49.3 Å². The number of carbonyl (C=O) groups is 1. The van der Waals surface area contributed by atoms with Crippen molar-refractivity contribution in [3.05, 3.63) is 60.4 Å². The smallest absolute Gasteiger partial charge is 0.235 e. The molecule has 1 atom stereocenters. The van der Waals surface area contributed by atoms with E-state index in [-0.39, 0.29) is 5.91 Å². The lowest BCUT2D eigenvalue weighted by atomic mass is 9.87. The van der Waals surface area contributed by atoms with E-state index in [0.717, 1.165) is 35.1 Å². The predicted molar refractivity (Wildman–Crippen MR) is 119 cm³/mol. The SMILES string of the molecule is C=Cc1ccc(-c2cnccc2C2(NC3CCC3)SCC(=O)N2C2CCC2)cc1. The van der Waals surface area contributed by atoms with Gasteiger partial charge in [-0.2, -0.15) is 0 Å². The molecule has 0 radical (unpaired) electrons. The normalized spacial score (nSPS) is 25.0. The van der Waals surface area contributed by atoms with Gasteiger partial charge in [-0.05, 0) is 49.3 Å². The highest BCUT2D eigenvalue weighted by atomic mass is 32.2. The Morgan fingerprint density at radius 2 is 1.90 bits per heavy atom. The van der Waals surface area contributed by atoms with Gasteiger partial charge in [0, 0.05) is 35.6 Å². The number of aromatic nitrogens is 1. The van der Waals surface area contributed by atoms with Gasteiger partial charge < -0.3 is 4.90 Å². The Balaban J connectivity index is 1.63. The zero-order valence-corrected chi connectivity index (χ0v) is 17.5. The molecular formula is C24H27N3OS. The van der Waals surface area contributed by atoms with Crippen LogP contribution in [0.1, 0.15) is 49.7 Å². The van der Waals surface area contributed by atoms with Crippen LogP contribution in [0.4, 0.5) is 0 Å². The maximum atomic E-state index is 13.1. The average Bonchev–Trinajstić information content (AvgIpc) is 3.01. The third-order valence-corrected chi connectivity index (χ3v) is 7.94. The molecule has 2 saturated carbocycles. The van der Waals surface area contributed by atoms with E-state index in [1.165, 1.54) is 25.7 Å². The van der Waals surface area contributed by atoms with E-state index in [1.54, 1.807) is 11.8 Å². The van der Waals surface area contributed by atoms with E-state index >= 15 is 0 Å². The van der Waals surface area contributed by atoms with E-state index in [4.69, 9.17) is 0 Å². The fourth-order valence-corrected chi connectivity index (χ4v) is 5.98. The Kier molecular flexibility index (Phi) is 4.96. The number of hydrogen-bond donors (Lipinski definition) is 1. The number of hydrogen-bond acceptors (Lipinski definition) is 4. The highest BCUT2D eigenvalue weighted by Gasteiger charge is 2.53. The first-order valence-electron chi connectivity index (χ1n) is 10.6. The van der Waals surface area contributed by atoms with E-state index in [9.17, 15) is 4.79 Å². The van der Waals surface area contributed by atoms with Crippen molar-refractivity contribution in [1.29, 1.82) is 0 Å². The third kappa shape index (κ3) is 3.21. The fraction of sp³-hybridized carbons (Fsp3) is 0.417. The lowest BCUT2D eigenvalue weighted by Gasteiger charge is -2.49. The quantitative estimate of drug-likeness (QED) is 0.752. The molecular weight excluding hydrogens is 378 g/mol. The Hall–Kier alpha value is -2.11. The number of carbonyl (C=O) groups excluding carboxylic acids is 1. The molecule has 29 heavy (non-hydrogen) atoms. The van der Waals surface area contributed by atoms with Crippen molar-refractivity contribution in [3.63, 3.8) is 0 Å². The highest BCUT2D eigenvalue weighted by Crippen LogP contribution is 2.50. The molecule has 0 spiro atoms. The van der Waals surface area contributed by atoms with Gasteiger partial charge in [0.2, 0.25) is 5.91 Å². The minimum atomic E-state index is -0.497. The van der Waals surface area contributed by atoms with Crippen LogP contribution in [0.5, 0.6) is 0 Å². The molecule has 5 heteroatoms. The standard InChI is InChI=1S/C24H27N3OS/c1-2-17-9-11-18(12-10-17)21-15-25-14-13-22(21)24(26-19-5-3-6-19)27(20-7-4-8-20)23(28)16-29-24/h2,9-15,19-20,26H,1,3-8,16H2. The molecule has 150 valence electrons. The number of thioether (sulfide) groups is 1. The summed E-state index contributed by atoms with van der Waals surface area (Å²) < 4.78 is 0. The van der Waals surface area contributed by atoms with E-state index in [0.29, 0.717) is 17.8 Å². The number of nitrogens with zero attached hydrogens (tertiary/aromatic N) is 2. The van der Waals surface area contributed by atoms with E-state index in [2.05, 4.69) is 52.1 Å². The molecule has 0 bridgehead atoms. The van der Waals surface area contributed by atoms with Crippen LogP contribution >= 0.6 is 11.8 Å². The molecule has 1 aliphatic heterocycles. The van der Waals surface area contributed by atoms with Crippen molar-refractivity contribution in [1.82, 2.24) is 15.2 Å². The number of benzene rings is 1. The zero-order chi connectivity index (χ0) is 19.8. The molecule has 1 amide bonds. The predicted octanol–water partition coefficient (Wildman–Crippen LogP) is 4.77. The molecule has 5 rings (SSSR count). The highest BCUT2D eigenvalue weighted by molar-refractivity contribution is 8.01. The summed E-state index contributed by atoms with van der Waals surface area (Å²) >= 11 is 1.75. The summed E-state index contributed by atoms with van der Waals surface area (Å²) in [5, 5.41) is 3.93. The van der Waals surface area contributed by atoms with Crippen molar-refractivity contribution in [2.75, 3.05) is 5.75 Å². The van der Waals surface area contributed by atoms with Crippen molar-refractivity contribution in [2.24, 2.45) is 0 Å². The second-order valence-electron chi connectivity index (χ2n) is 8.30. The van der Waals surface area contributed by atoms with Gasteiger partial charge in [-0.1, -0.05) is 43.3 Å². The van der Waals surface area contributed by atoms with Gasteiger partial charge in [-0.3, -0.25) is 15.1 Å². The van der Waals surface area contributed by atoms with E-state index in [1.807, 2.05) is 18.5 Å². The summed E-state index contributed by atoms with van der Waals surface area (Å²) in [6.07, 6.45) is 12.7. The molecule has 3 fully saturated rings. The van der Waals surface area contributed by atoms with Gasteiger partial charge in [0.05, 0.1) is 5.75 Å². The average molecular weight is 406 g/mol. The Labute approximate surface area is 176 Å². The second kappa shape index (κ2) is 7.62. The Morgan fingerprint density at radius 1 is 1.14 bits per heavy atom. The maximum Gasteiger partial charge on any atom is 0.235 e. The first-order valence-corrected chi connectivity index (χ1v) is 11.6. The minimum Gasteiger partial charge on any atom is -0.308 e. The van der Waals surface area contributed by atoms with Gasteiger partial charge in [0.15, 0.2) is 4.99 Å². The molecule has 1 aromatic heterocycles. The van der Waals surface area contributed by atoms with Gasteiger partial charge >= 0.3 is 0 Å².